The molecule has 16 heavy (non-hydrogen) atoms. The van der Waals surface area contributed by atoms with E-state index in [2.05, 4.69) is 4.98 Å². The van der Waals surface area contributed by atoms with Gasteiger partial charge >= 0.3 is 0 Å². The van der Waals surface area contributed by atoms with Gasteiger partial charge in [-0.1, -0.05) is 0 Å². The number of amides is 1. The number of thiazole rings is 1. The highest BCUT2D eigenvalue weighted by molar-refractivity contribution is 7.09. The van der Waals surface area contributed by atoms with E-state index in [-0.39, 0.29) is 12.5 Å². The molecule has 0 aromatic carbocycles. The number of aliphatic hydroxyl groups excluding tert-OH is 1. The van der Waals surface area contributed by atoms with Gasteiger partial charge in [0.15, 0.2) is 0 Å². The minimum Gasteiger partial charge on any atom is -0.396 e. The number of rotatable bonds is 6. The van der Waals surface area contributed by atoms with Crippen molar-refractivity contribution in [2.75, 3.05) is 13.7 Å². The van der Waals surface area contributed by atoms with Gasteiger partial charge in [-0.15, -0.1) is 11.3 Å². The Balaban J connectivity index is 2.34. The van der Waals surface area contributed by atoms with Crippen molar-refractivity contribution in [2.45, 2.75) is 32.7 Å². The maximum atomic E-state index is 11.6. The summed E-state index contributed by atoms with van der Waals surface area (Å²) in [7, 11) is 1.79. The lowest BCUT2D eigenvalue weighted by molar-refractivity contribution is -0.130. The first-order valence-electron chi connectivity index (χ1n) is 5.39. The number of unbranched alkanes of at least 4 members (excludes halogenated alkanes) is 1. The van der Waals surface area contributed by atoms with Gasteiger partial charge in [-0.25, -0.2) is 4.98 Å². The van der Waals surface area contributed by atoms with Crippen molar-refractivity contribution in [3.8, 4) is 0 Å². The fourth-order valence-electron chi connectivity index (χ4n) is 1.39. The molecule has 0 aliphatic heterocycles. The summed E-state index contributed by atoms with van der Waals surface area (Å²) < 4.78 is 0. The summed E-state index contributed by atoms with van der Waals surface area (Å²) in [4.78, 5) is 17.6. The van der Waals surface area contributed by atoms with E-state index in [0.29, 0.717) is 19.4 Å². The monoisotopic (exact) mass is 242 g/mol. The zero-order valence-corrected chi connectivity index (χ0v) is 10.6. The molecule has 4 nitrogen and oxygen atoms in total. The van der Waals surface area contributed by atoms with Gasteiger partial charge in [0.25, 0.3) is 0 Å². The molecule has 0 saturated heterocycles. The highest BCUT2D eigenvalue weighted by atomic mass is 32.1. The molecule has 0 bridgehead atoms. The van der Waals surface area contributed by atoms with Crippen LogP contribution >= 0.6 is 11.3 Å². The van der Waals surface area contributed by atoms with Crippen molar-refractivity contribution >= 4 is 17.2 Å². The number of carbonyl (C=O) groups is 1. The predicted molar refractivity (Wildman–Crippen MR) is 64.3 cm³/mol. The van der Waals surface area contributed by atoms with Crippen LogP contribution in [0.5, 0.6) is 0 Å². The Morgan fingerprint density at radius 2 is 2.31 bits per heavy atom. The first-order valence-corrected chi connectivity index (χ1v) is 6.27. The largest absolute Gasteiger partial charge is 0.396 e. The summed E-state index contributed by atoms with van der Waals surface area (Å²) >= 11 is 1.60. The molecular formula is C11H18N2O2S. The van der Waals surface area contributed by atoms with E-state index in [9.17, 15) is 4.79 Å². The average molecular weight is 242 g/mol. The Morgan fingerprint density at radius 1 is 1.56 bits per heavy atom. The van der Waals surface area contributed by atoms with E-state index in [0.717, 1.165) is 17.1 Å². The number of hydrogen-bond acceptors (Lipinski definition) is 4. The van der Waals surface area contributed by atoms with Gasteiger partial charge in [0.1, 0.15) is 0 Å². The van der Waals surface area contributed by atoms with E-state index in [1.54, 1.807) is 23.3 Å². The first-order chi connectivity index (χ1) is 7.63. The van der Waals surface area contributed by atoms with Crippen molar-refractivity contribution in [3.63, 3.8) is 0 Å². The van der Waals surface area contributed by atoms with Crippen molar-refractivity contribution in [1.82, 2.24) is 9.88 Å². The van der Waals surface area contributed by atoms with Gasteiger partial charge in [0, 0.05) is 25.5 Å². The fraction of sp³-hybridized carbons (Fsp3) is 0.636. The SMILES string of the molecule is Cc1nc(CN(C)C(=O)CCCCO)cs1. The molecule has 1 heterocycles. The number of aliphatic hydroxyl groups is 1. The van der Waals surface area contributed by atoms with Crippen LogP contribution in [0.25, 0.3) is 0 Å². The Hall–Kier alpha value is -0.940. The molecule has 90 valence electrons. The van der Waals surface area contributed by atoms with Gasteiger partial charge in [-0.2, -0.15) is 0 Å². The second-order valence-corrected chi connectivity index (χ2v) is 4.85. The van der Waals surface area contributed by atoms with Crippen LogP contribution < -0.4 is 0 Å². The summed E-state index contributed by atoms with van der Waals surface area (Å²) in [6.07, 6.45) is 1.94. The van der Waals surface area contributed by atoms with Crippen molar-refractivity contribution < 1.29 is 9.90 Å². The lowest BCUT2D eigenvalue weighted by atomic mass is 10.2. The van der Waals surface area contributed by atoms with Crippen LogP contribution in [-0.2, 0) is 11.3 Å². The third-order valence-corrected chi connectivity index (χ3v) is 3.11. The van der Waals surface area contributed by atoms with Crippen LogP contribution in [-0.4, -0.2) is 34.6 Å². The highest BCUT2D eigenvalue weighted by Crippen LogP contribution is 2.10. The van der Waals surface area contributed by atoms with Crippen molar-refractivity contribution in [3.05, 3.63) is 16.1 Å². The molecule has 0 saturated carbocycles. The third-order valence-electron chi connectivity index (χ3n) is 2.29. The molecule has 0 aliphatic rings. The minimum absolute atomic E-state index is 0.110. The van der Waals surface area contributed by atoms with Crippen LogP contribution in [0.2, 0.25) is 0 Å². The molecular weight excluding hydrogens is 224 g/mol. The number of hydrogen-bond donors (Lipinski definition) is 1. The van der Waals surface area contributed by atoms with Crippen LogP contribution in [0.3, 0.4) is 0 Å². The molecule has 1 aromatic heterocycles. The standard InChI is InChI=1S/C11H18N2O2S/c1-9-12-10(8-16-9)7-13(2)11(15)5-3-4-6-14/h8,14H,3-7H2,1-2H3. The molecule has 0 spiro atoms. The maximum Gasteiger partial charge on any atom is 0.222 e. The van der Waals surface area contributed by atoms with Crippen LogP contribution in [0, 0.1) is 6.92 Å². The predicted octanol–water partition coefficient (Wildman–Crippen LogP) is 1.57. The van der Waals surface area contributed by atoms with Gasteiger partial charge in [0.05, 0.1) is 17.2 Å². The van der Waals surface area contributed by atoms with E-state index in [1.807, 2.05) is 12.3 Å². The first kappa shape index (κ1) is 13.1. The molecule has 1 aromatic rings. The molecule has 0 radical (unpaired) electrons. The summed E-state index contributed by atoms with van der Waals surface area (Å²) in [6.45, 7) is 2.68. The molecule has 0 unspecified atom stereocenters. The van der Waals surface area contributed by atoms with Crippen molar-refractivity contribution in [1.29, 1.82) is 0 Å². The Morgan fingerprint density at radius 3 is 2.88 bits per heavy atom. The summed E-state index contributed by atoms with van der Waals surface area (Å²) in [6, 6.07) is 0. The van der Waals surface area contributed by atoms with Gasteiger partial charge in [-0.3, -0.25) is 4.79 Å². The van der Waals surface area contributed by atoms with Crippen molar-refractivity contribution in [2.24, 2.45) is 0 Å². The van der Waals surface area contributed by atoms with Gasteiger partial charge in [-0.05, 0) is 19.8 Å². The Kier molecular flexibility index (Phi) is 5.42. The molecule has 0 atom stereocenters. The topological polar surface area (TPSA) is 53.4 Å². The molecule has 1 N–H and O–H groups in total. The second-order valence-electron chi connectivity index (χ2n) is 3.79. The van der Waals surface area contributed by atoms with Crippen LogP contribution in [0.15, 0.2) is 5.38 Å². The van der Waals surface area contributed by atoms with E-state index < -0.39 is 0 Å². The van der Waals surface area contributed by atoms with Crippen LogP contribution in [0.1, 0.15) is 30.0 Å². The smallest absolute Gasteiger partial charge is 0.222 e. The van der Waals surface area contributed by atoms with E-state index >= 15 is 0 Å². The normalized spacial score (nSPS) is 10.4. The fourth-order valence-corrected chi connectivity index (χ4v) is 1.99. The average Bonchev–Trinajstić information content (AvgIpc) is 2.64. The minimum atomic E-state index is 0.110. The zero-order chi connectivity index (χ0) is 12.0. The summed E-state index contributed by atoms with van der Waals surface area (Å²) in [5.74, 6) is 0.110. The molecule has 0 aliphatic carbocycles. The van der Waals surface area contributed by atoms with Gasteiger partial charge < -0.3 is 10.0 Å². The van der Waals surface area contributed by atoms with Gasteiger partial charge in [0.2, 0.25) is 5.91 Å². The molecule has 0 fully saturated rings. The number of carbonyl (C=O) groups excluding carboxylic acids is 1. The number of aryl methyl sites for hydroxylation is 1. The lowest BCUT2D eigenvalue weighted by Gasteiger charge is -2.15. The lowest BCUT2D eigenvalue weighted by Crippen LogP contribution is -2.26. The van der Waals surface area contributed by atoms with E-state index in [1.165, 1.54) is 0 Å². The molecule has 1 amide bonds. The Bertz CT molecular complexity index is 338. The third kappa shape index (κ3) is 4.28. The second kappa shape index (κ2) is 6.60. The molecule has 5 heteroatoms. The summed E-state index contributed by atoms with van der Waals surface area (Å²) in [5, 5.41) is 11.6. The maximum absolute atomic E-state index is 11.6. The number of aromatic nitrogens is 1. The molecule has 1 rings (SSSR count). The van der Waals surface area contributed by atoms with Crippen LogP contribution in [0.4, 0.5) is 0 Å². The summed E-state index contributed by atoms with van der Waals surface area (Å²) in [5.41, 5.74) is 0.945. The highest BCUT2D eigenvalue weighted by Gasteiger charge is 2.10. The number of nitrogens with zero attached hydrogens (tertiary/aromatic N) is 2. The Labute approximate surface area is 99.9 Å². The van der Waals surface area contributed by atoms with E-state index in [4.69, 9.17) is 5.11 Å². The quantitative estimate of drug-likeness (QED) is 0.770. The zero-order valence-electron chi connectivity index (χ0n) is 9.77.